The molecule has 5 nitrogen and oxygen atoms in total. The second kappa shape index (κ2) is 6.14. The molecule has 1 aromatic rings. The van der Waals surface area contributed by atoms with Gasteiger partial charge in [-0.15, -0.1) is 0 Å². The van der Waals surface area contributed by atoms with Gasteiger partial charge < -0.3 is 0 Å². The van der Waals surface area contributed by atoms with Gasteiger partial charge in [0.05, 0.1) is 15.5 Å². The fourth-order valence-corrected chi connectivity index (χ4v) is 4.13. The summed E-state index contributed by atoms with van der Waals surface area (Å²) in [7, 11) is -2.16. The fourth-order valence-electron chi connectivity index (χ4n) is 2.40. The summed E-state index contributed by atoms with van der Waals surface area (Å²) < 4.78 is 26.4. The van der Waals surface area contributed by atoms with Crippen LogP contribution in [-0.2, 0) is 14.8 Å². The molecule has 1 saturated carbocycles. The van der Waals surface area contributed by atoms with Crippen molar-refractivity contribution in [2.24, 2.45) is 0 Å². The Balaban J connectivity index is 2.27. The first-order chi connectivity index (χ1) is 9.86. The van der Waals surface area contributed by atoms with Crippen molar-refractivity contribution in [3.05, 3.63) is 28.8 Å². The van der Waals surface area contributed by atoms with E-state index in [0.29, 0.717) is 25.7 Å². The Morgan fingerprint density at radius 1 is 1.33 bits per heavy atom. The molecule has 0 bridgehead atoms. The smallest absolute Gasteiger partial charge is 0.243 e. The average molecular weight is 327 g/mol. The molecule has 21 heavy (non-hydrogen) atoms. The molecule has 0 unspecified atom stereocenters. The molecule has 1 aliphatic carbocycles. The van der Waals surface area contributed by atoms with Crippen molar-refractivity contribution in [3.8, 4) is 6.07 Å². The van der Waals surface area contributed by atoms with E-state index in [2.05, 4.69) is 0 Å². The van der Waals surface area contributed by atoms with Crippen molar-refractivity contribution in [1.82, 2.24) is 4.31 Å². The van der Waals surface area contributed by atoms with Crippen LogP contribution in [0.4, 0.5) is 0 Å². The number of nitriles is 1. The van der Waals surface area contributed by atoms with E-state index in [1.54, 1.807) is 0 Å². The second-order valence-electron chi connectivity index (χ2n) is 5.04. The van der Waals surface area contributed by atoms with Gasteiger partial charge in [-0.2, -0.15) is 9.57 Å². The summed E-state index contributed by atoms with van der Waals surface area (Å²) in [6.07, 6.45) is 1.91. The van der Waals surface area contributed by atoms with E-state index in [4.69, 9.17) is 16.9 Å². The number of halogens is 1. The number of ketones is 1. The number of carbonyl (C=O) groups is 1. The molecule has 0 aromatic heterocycles. The molecule has 0 spiro atoms. The van der Waals surface area contributed by atoms with Crippen LogP contribution in [0.5, 0.6) is 0 Å². The number of hydrogen-bond acceptors (Lipinski definition) is 4. The van der Waals surface area contributed by atoms with E-state index in [0.717, 1.165) is 0 Å². The lowest BCUT2D eigenvalue weighted by atomic mass is 9.95. The number of benzene rings is 1. The number of sulfonamides is 1. The highest BCUT2D eigenvalue weighted by molar-refractivity contribution is 7.89. The van der Waals surface area contributed by atoms with Crippen molar-refractivity contribution in [3.63, 3.8) is 0 Å². The Labute approximate surface area is 129 Å². The van der Waals surface area contributed by atoms with E-state index in [9.17, 15) is 13.2 Å². The van der Waals surface area contributed by atoms with Gasteiger partial charge >= 0.3 is 0 Å². The van der Waals surface area contributed by atoms with Gasteiger partial charge in [0.25, 0.3) is 0 Å². The SMILES string of the molecule is CN(C1CCC(=O)CC1)S(=O)(=O)c1ccc(C#N)c(Cl)c1. The first-order valence-electron chi connectivity index (χ1n) is 6.55. The maximum absolute atomic E-state index is 12.6. The Kier molecular flexibility index (Phi) is 4.67. The van der Waals surface area contributed by atoms with Gasteiger partial charge in [-0.05, 0) is 31.0 Å². The summed E-state index contributed by atoms with van der Waals surface area (Å²) >= 11 is 5.90. The number of hydrogen-bond donors (Lipinski definition) is 0. The highest BCUT2D eigenvalue weighted by Gasteiger charge is 2.31. The highest BCUT2D eigenvalue weighted by Crippen LogP contribution is 2.27. The summed E-state index contributed by atoms with van der Waals surface area (Å²) in [6, 6.07) is 5.78. The number of rotatable bonds is 3. The molecule has 1 aromatic carbocycles. The van der Waals surface area contributed by atoms with E-state index in [1.807, 2.05) is 6.07 Å². The fraction of sp³-hybridized carbons (Fsp3) is 0.429. The predicted molar refractivity (Wildman–Crippen MR) is 78.4 cm³/mol. The number of nitrogens with zero attached hydrogens (tertiary/aromatic N) is 2. The second-order valence-corrected chi connectivity index (χ2v) is 7.45. The first kappa shape index (κ1) is 16.0. The molecule has 2 rings (SSSR count). The third kappa shape index (κ3) is 3.26. The van der Waals surface area contributed by atoms with Crippen LogP contribution in [0.1, 0.15) is 31.2 Å². The molecule has 112 valence electrons. The van der Waals surface area contributed by atoms with Crippen LogP contribution < -0.4 is 0 Å². The van der Waals surface area contributed by atoms with Crippen molar-refractivity contribution in [2.45, 2.75) is 36.6 Å². The van der Waals surface area contributed by atoms with Crippen molar-refractivity contribution in [1.29, 1.82) is 5.26 Å². The molecule has 0 saturated heterocycles. The normalized spacial score (nSPS) is 17.0. The van der Waals surface area contributed by atoms with E-state index >= 15 is 0 Å². The first-order valence-corrected chi connectivity index (χ1v) is 8.37. The van der Waals surface area contributed by atoms with Gasteiger partial charge in [-0.3, -0.25) is 4.79 Å². The molecule has 0 N–H and O–H groups in total. The Morgan fingerprint density at radius 3 is 2.48 bits per heavy atom. The maximum atomic E-state index is 12.6. The summed E-state index contributed by atoms with van der Waals surface area (Å²) in [4.78, 5) is 11.3. The summed E-state index contributed by atoms with van der Waals surface area (Å²) in [6.45, 7) is 0. The molecule has 0 atom stereocenters. The molecular formula is C14H15ClN2O3S. The van der Waals surface area contributed by atoms with Crippen LogP contribution in [0.15, 0.2) is 23.1 Å². The minimum Gasteiger partial charge on any atom is -0.300 e. The molecule has 1 aliphatic rings. The third-order valence-corrected chi connectivity index (χ3v) is 5.98. The van der Waals surface area contributed by atoms with Crippen LogP contribution in [0.2, 0.25) is 5.02 Å². The van der Waals surface area contributed by atoms with Gasteiger partial charge in [-0.25, -0.2) is 8.42 Å². The number of carbonyl (C=O) groups excluding carboxylic acids is 1. The van der Waals surface area contributed by atoms with Crippen molar-refractivity contribution < 1.29 is 13.2 Å². The van der Waals surface area contributed by atoms with E-state index in [1.165, 1.54) is 29.6 Å². The van der Waals surface area contributed by atoms with Gasteiger partial charge in [-0.1, -0.05) is 11.6 Å². The summed E-state index contributed by atoms with van der Waals surface area (Å²) in [5.41, 5.74) is 0.238. The minimum absolute atomic E-state index is 0.0610. The maximum Gasteiger partial charge on any atom is 0.243 e. The lowest BCUT2D eigenvalue weighted by molar-refractivity contribution is -0.120. The summed E-state index contributed by atoms with van der Waals surface area (Å²) in [5, 5.41) is 8.94. The highest BCUT2D eigenvalue weighted by atomic mass is 35.5. The standard InChI is InChI=1S/C14H15ClN2O3S/c1-17(11-3-5-12(18)6-4-11)21(19,20)13-7-2-10(9-16)14(15)8-13/h2,7-8,11H,3-6H2,1H3. The van der Waals surface area contributed by atoms with Crippen molar-refractivity contribution in [2.75, 3.05) is 7.05 Å². The molecule has 7 heteroatoms. The average Bonchev–Trinajstić information content (AvgIpc) is 2.47. The van der Waals surface area contributed by atoms with Gasteiger partial charge in [0.1, 0.15) is 11.9 Å². The van der Waals surface area contributed by atoms with Crippen LogP contribution in [0.25, 0.3) is 0 Å². The van der Waals surface area contributed by atoms with Crippen LogP contribution in [0.3, 0.4) is 0 Å². The van der Waals surface area contributed by atoms with Gasteiger partial charge in [0.2, 0.25) is 10.0 Å². The molecule has 1 fully saturated rings. The Morgan fingerprint density at radius 2 is 1.95 bits per heavy atom. The van der Waals surface area contributed by atoms with E-state index < -0.39 is 10.0 Å². The number of Topliss-reactive ketones (excluding diaryl/α,β-unsaturated/α-hetero) is 1. The zero-order valence-corrected chi connectivity index (χ0v) is 13.1. The Hall–Kier alpha value is -1.42. The van der Waals surface area contributed by atoms with Crippen molar-refractivity contribution >= 4 is 27.4 Å². The lowest BCUT2D eigenvalue weighted by Gasteiger charge is -2.30. The monoisotopic (exact) mass is 326 g/mol. The zero-order valence-electron chi connectivity index (χ0n) is 11.5. The summed E-state index contributed by atoms with van der Waals surface area (Å²) in [5.74, 6) is 0.179. The van der Waals surface area contributed by atoms with E-state index in [-0.39, 0.29) is 27.3 Å². The topological polar surface area (TPSA) is 78.2 Å². The van der Waals surface area contributed by atoms with Crippen LogP contribution in [-0.4, -0.2) is 31.6 Å². The van der Waals surface area contributed by atoms with Crippen LogP contribution in [0, 0.1) is 11.3 Å². The van der Waals surface area contributed by atoms with Crippen LogP contribution >= 0.6 is 11.6 Å². The Bertz CT molecular complexity index is 699. The lowest BCUT2D eigenvalue weighted by Crippen LogP contribution is -2.39. The van der Waals surface area contributed by atoms with Gasteiger partial charge in [0.15, 0.2) is 0 Å². The largest absolute Gasteiger partial charge is 0.300 e. The van der Waals surface area contributed by atoms with Gasteiger partial charge in [0, 0.05) is 25.9 Å². The molecule has 0 amide bonds. The molecular weight excluding hydrogens is 312 g/mol. The quantitative estimate of drug-likeness (QED) is 0.854. The molecule has 0 radical (unpaired) electrons. The molecule has 0 aliphatic heterocycles. The minimum atomic E-state index is -3.68. The zero-order chi connectivity index (χ0) is 15.6. The predicted octanol–water partition coefficient (Wildman–Crippen LogP) is 2.34. The molecule has 0 heterocycles. The third-order valence-electron chi connectivity index (χ3n) is 3.77.